The number of carbonyl (C=O) groups is 2. The normalized spacial score (nSPS) is 26.1. The molecule has 0 saturated heterocycles. The topological polar surface area (TPSA) is 108 Å². The summed E-state index contributed by atoms with van der Waals surface area (Å²) in [5, 5.41) is 0. The third-order valence-electron chi connectivity index (χ3n) is 15.9. The van der Waals surface area contributed by atoms with E-state index in [-0.39, 0.29) is 11.9 Å². The monoisotopic (exact) mass is 1020 g/mol. The number of unbranched alkanes of at least 4 members (excludes halogenated alkanes) is 8. The van der Waals surface area contributed by atoms with Gasteiger partial charge in [0.1, 0.15) is 0 Å². The van der Waals surface area contributed by atoms with Gasteiger partial charge in [-0.3, -0.25) is 0 Å². The minimum Gasteiger partial charge on any atom is -0.463 e. The number of esters is 2. The van der Waals surface area contributed by atoms with Crippen LogP contribution in [0.25, 0.3) is 0 Å². The summed E-state index contributed by atoms with van der Waals surface area (Å²) in [6.07, 6.45) is 37.6. The molecule has 0 aliphatic heterocycles. The van der Waals surface area contributed by atoms with Crippen LogP contribution in [0, 0.1) is 23.7 Å². The Balaban J connectivity index is 0.943. The summed E-state index contributed by atoms with van der Waals surface area (Å²) in [4.78, 5) is 22.2. The van der Waals surface area contributed by atoms with Crippen molar-refractivity contribution in [3.63, 3.8) is 0 Å². The Kier molecular flexibility index (Phi) is 29.4. The average molecular weight is 1020 g/mol. The first-order valence-corrected chi connectivity index (χ1v) is 37.7. The third kappa shape index (κ3) is 26.6. The summed E-state index contributed by atoms with van der Waals surface area (Å²) < 4.78 is 49.5. The zero-order valence-corrected chi connectivity index (χ0v) is 48.2. The van der Waals surface area contributed by atoms with Gasteiger partial charge in [-0.2, -0.15) is 0 Å². The Morgan fingerprint density at radius 1 is 0.377 bits per heavy atom. The van der Waals surface area contributed by atoms with Crippen LogP contribution in [0.5, 0.6) is 0 Å². The highest BCUT2D eigenvalue weighted by molar-refractivity contribution is 6.87. The molecule has 0 radical (unpaired) electrons. The molecular formula is C56H104O10Si3. The minimum absolute atomic E-state index is 0.328. The van der Waals surface area contributed by atoms with Crippen LogP contribution in [0.3, 0.4) is 0 Å². The Labute approximate surface area is 425 Å². The van der Waals surface area contributed by atoms with E-state index in [9.17, 15) is 9.59 Å². The van der Waals surface area contributed by atoms with Crippen LogP contribution < -0.4 is 0 Å². The van der Waals surface area contributed by atoms with Crippen LogP contribution in [0.1, 0.15) is 180 Å². The van der Waals surface area contributed by atoms with Crippen LogP contribution in [-0.2, 0) is 46.2 Å². The summed E-state index contributed by atoms with van der Waals surface area (Å²) >= 11 is 0. The summed E-state index contributed by atoms with van der Waals surface area (Å²) in [6.45, 7) is 25.5. The number of hydrogen-bond acceptors (Lipinski definition) is 10. The molecule has 4 aliphatic carbocycles. The van der Waals surface area contributed by atoms with Crippen LogP contribution in [0.15, 0.2) is 25.3 Å². The van der Waals surface area contributed by atoms with Crippen LogP contribution in [0.4, 0.5) is 0 Å². The van der Waals surface area contributed by atoms with Crippen molar-refractivity contribution in [1.29, 1.82) is 0 Å². The molecule has 4 saturated carbocycles. The Morgan fingerprint density at radius 2 is 0.623 bits per heavy atom. The zero-order valence-electron chi connectivity index (χ0n) is 45.2. The molecule has 4 rings (SSSR count). The molecule has 0 atom stereocenters. The second-order valence-electron chi connectivity index (χ2n) is 23.2. The molecule has 69 heavy (non-hydrogen) atoms. The molecule has 0 aromatic carbocycles. The van der Waals surface area contributed by atoms with Gasteiger partial charge in [-0.05, 0) is 229 Å². The molecule has 4 fully saturated rings. The molecule has 0 bridgehead atoms. The van der Waals surface area contributed by atoms with Crippen LogP contribution in [-0.4, -0.2) is 101 Å². The van der Waals surface area contributed by atoms with Crippen LogP contribution in [0.2, 0.25) is 51.4 Å². The van der Waals surface area contributed by atoms with Gasteiger partial charge in [0.25, 0.3) is 0 Å². The fraction of sp³-hybridized carbons (Fsp3) is 0.893. The van der Waals surface area contributed by atoms with Crippen molar-refractivity contribution < 1.29 is 46.2 Å². The highest BCUT2D eigenvalue weighted by atomic mass is 28.5. The minimum atomic E-state index is -2.23. The second-order valence-corrected chi connectivity index (χ2v) is 35.7. The number of rotatable bonds is 36. The Hall–Kier alpha value is -1.17. The molecule has 0 aromatic rings. The predicted octanol–water partition coefficient (Wildman–Crippen LogP) is 14.6. The molecule has 10 nitrogen and oxygen atoms in total. The van der Waals surface area contributed by atoms with E-state index in [1.807, 2.05) is 0 Å². The average Bonchev–Trinajstić information content (AvgIpc) is 3.32. The van der Waals surface area contributed by atoms with Crippen LogP contribution >= 0.6 is 0 Å². The standard InChI is InChI=1S/C56H104O10Si3/c1-9-55(57)63-43-17-13-11-15-39-59-51-31-23-47(24-32-51)49-27-35-53(36-28-49)61-41-19-21-45-67(3,4)65-69(7,8)66-68(5,6)46-22-20-42-62-54-37-29-50(30-38-54)48-25-33-52(34-26-48)60-40-16-12-14-18-44-64-56(58)10-2/h9-10,47-54H,1-2,11-46H2,3-8H3. The number of carbonyl (C=O) groups excluding carboxylic acids is 2. The number of hydrogen-bond donors (Lipinski definition) is 0. The van der Waals surface area contributed by atoms with Gasteiger partial charge in [0.15, 0.2) is 16.6 Å². The first-order chi connectivity index (χ1) is 33.2. The second kappa shape index (κ2) is 33.6. The lowest BCUT2D eigenvalue weighted by Gasteiger charge is -2.39. The van der Waals surface area contributed by atoms with Crippen molar-refractivity contribution in [2.75, 3.05) is 39.6 Å². The van der Waals surface area contributed by atoms with Crippen molar-refractivity contribution >= 4 is 37.1 Å². The summed E-state index contributed by atoms with van der Waals surface area (Å²) in [7, 11) is -5.91. The molecule has 13 heteroatoms. The number of ether oxygens (including phenoxy) is 6. The van der Waals surface area contributed by atoms with Crippen molar-refractivity contribution in [1.82, 2.24) is 0 Å². The van der Waals surface area contributed by atoms with E-state index < -0.39 is 25.2 Å². The summed E-state index contributed by atoms with van der Waals surface area (Å²) in [5.41, 5.74) is 0. The van der Waals surface area contributed by atoms with E-state index in [1.165, 1.54) is 140 Å². The van der Waals surface area contributed by atoms with E-state index in [2.05, 4.69) is 52.4 Å². The van der Waals surface area contributed by atoms with E-state index in [0.717, 1.165) is 114 Å². The maximum Gasteiger partial charge on any atom is 0.330 e. The lowest BCUT2D eigenvalue weighted by Crippen LogP contribution is -2.52. The molecule has 400 valence electrons. The Bertz CT molecular complexity index is 1290. The van der Waals surface area contributed by atoms with E-state index in [0.29, 0.717) is 37.6 Å². The SMILES string of the molecule is C=CC(=O)OCCCCCCOC1CCC(C2CCC(OCCCC[Si](C)(C)O[Si](C)(C)O[Si](C)(C)CCCCOC3CCC(C4CCC(OCCCCCCOC(=O)C=C)CC4)CC3)CC2)CC1. The van der Waals surface area contributed by atoms with Crippen molar-refractivity contribution in [3.05, 3.63) is 25.3 Å². The fourth-order valence-corrected chi connectivity index (χ4v) is 26.5. The quantitative estimate of drug-likeness (QED) is 0.0261. The lowest BCUT2D eigenvalue weighted by atomic mass is 9.72. The maximum atomic E-state index is 11.1. The largest absolute Gasteiger partial charge is 0.463 e. The van der Waals surface area contributed by atoms with Crippen molar-refractivity contribution in [2.24, 2.45) is 23.7 Å². The predicted molar refractivity (Wildman–Crippen MR) is 289 cm³/mol. The van der Waals surface area contributed by atoms with Gasteiger partial charge in [-0.1, -0.05) is 38.8 Å². The summed E-state index contributed by atoms with van der Waals surface area (Å²) in [6, 6.07) is 2.34. The molecule has 0 spiro atoms. The fourth-order valence-electron chi connectivity index (χ4n) is 12.2. The Morgan fingerprint density at radius 3 is 0.884 bits per heavy atom. The van der Waals surface area contributed by atoms with E-state index in [4.69, 9.17) is 36.7 Å². The molecule has 0 aromatic heterocycles. The zero-order chi connectivity index (χ0) is 49.8. The molecule has 0 N–H and O–H groups in total. The van der Waals surface area contributed by atoms with Gasteiger partial charge in [0, 0.05) is 38.6 Å². The molecule has 4 aliphatic rings. The highest BCUT2D eigenvalue weighted by Crippen LogP contribution is 2.41. The first-order valence-electron chi connectivity index (χ1n) is 28.6. The molecular weight excluding hydrogens is 917 g/mol. The molecule has 0 unspecified atom stereocenters. The van der Waals surface area contributed by atoms with Gasteiger partial charge in [0.2, 0.25) is 0 Å². The van der Waals surface area contributed by atoms with Gasteiger partial charge < -0.3 is 36.7 Å². The van der Waals surface area contributed by atoms with Crippen molar-refractivity contribution in [3.8, 4) is 0 Å². The lowest BCUT2D eigenvalue weighted by molar-refractivity contribution is -0.138. The van der Waals surface area contributed by atoms with Gasteiger partial charge in [-0.25, -0.2) is 9.59 Å². The van der Waals surface area contributed by atoms with Crippen molar-refractivity contribution in [2.45, 2.75) is 256 Å². The molecule has 0 amide bonds. The molecule has 0 heterocycles. The van der Waals surface area contributed by atoms with Gasteiger partial charge >= 0.3 is 20.5 Å². The maximum absolute atomic E-state index is 11.1. The smallest absolute Gasteiger partial charge is 0.330 e. The van der Waals surface area contributed by atoms with E-state index >= 15 is 0 Å². The summed E-state index contributed by atoms with van der Waals surface area (Å²) in [5.74, 6) is 2.82. The van der Waals surface area contributed by atoms with Gasteiger partial charge in [-0.15, -0.1) is 0 Å². The first kappa shape index (κ1) is 60.4. The van der Waals surface area contributed by atoms with E-state index in [1.54, 1.807) is 0 Å². The highest BCUT2D eigenvalue weighted by Gasteiger charge is 2.39. The van der Waals surface area contributed by atoms with Gasteiger partial charge in [0.05, 0.1) is 37.6 Å². The third-order valence-corrected chi connectivity index (χ3v) is 27.4.